The van der Waals surface area contributed by atoms with Crippen LogP contribution in [0.4, 0.5) is 0 Å². The summed E-state index contributed by atoms with van der Waals surface area (Å²) in [5, 5.41) is 3.38. The molecule has 0 radical (unpaired) electrons. The molecule has 1 aliphatic carbocycles. The molecule has 0 aromatic carbocycles. The standard InChI is InChI=1S/C13H25N3O/c1-15(10-11-16-8-2-3-9-16)13(17)6-7-14-12-4-5-12/h12,14H,2-11H2,1H3. The minimum absolute atomic E-state index is 0.275. The first-order chi connectivity index (χ1) is 8.25. The Morgan fingerprint density at radius 1 is 1.35 bits per heavy atom. The van der Waals surface area contributed by atoms with Gasteiger partial charge in [-0.05, 0) is 38.8 Å². The lowest BCUT2D eigenvalue weighted by Gasteiger charge is -2.21. The Morgan fingerprint density at radius 3 is 2.71 bits per heavy atom. The minimum atomic E-state index is 0.275. The van der Waals surface area contributed by atoms with E-state index in [1.54, 1.807) is 0 Å². The summed E-state index contributed by atoms with van der Waals surface area (Å²) in [5.74, 6) is 0.275. The van der Waals surface area contributed by atoms with Crippen LogP contribution in [-0.2, 0) is 4.79 Å². The van der Waals surface area contributed by atoms with Gasteiger partial charge in [0.2, 0.25) is 5.91 Å². The third-order valence-electron chi connectivity index (χ3n) is 3.73. The highest BCUT2D eigenvalue weighted by molar-refractivity contribution is 5.76. The molecule has 4 nitrogen and oxygen atoms in total. The Balaban J connectivity index is 1.53. The van der Waals surface area contributed by atoms with Gasteiger partial charge in [-0.2, -0.15) is 0 Å². The van der Waals surface area contributed by atoms with E-state index in [1.807, 2.05) is 11.9 Å². The van der Waals surface area contributed by atoms with Crippen LogP contribution in [0.1, 0.15) is 32.1 Å². The highest BCUT2D eigenvalue weighted by Crippen LogP contribution is 2.18. The number of carbonyl (C=O) groups is 1. The second-order valence-corrected chi connectivity index (χ2v) is 5.34. The number of nitrogens with one attached hydrogen (secondary N) is 1. The molecule has 1 heterocycles. The van der Waals surface area contributed by atoms with Gasteiger partial charge in [-0.1, -0.05) is 0 Å². The average molecular weight is 239 g/mol. The molecule has 1 amide bonds. The quantitative estimate of drug-likeness (QED) is 0.710. The van der Waals surface area contributed by atoms with Gasteiger partial charge < -0.3 is 15.1 Å². The summed E-state index contributed by atoms with van der Waals surface area (Å²) in [4.78, 5) is 16.1. The second-order valence-electron chi connectivity index (χ2n) is 5.34. The van der Waals surface area contributed by atoms with Crippen molar-refractivity contribution >= 4 is 5.91 Å². The molecule has 2 fully saturated rings. The fourth-order valence-corrected chi connectivity index (χ4v) is 2.28. The third kappa shape index (κ3) is 4.64. The highest BCUT2D eigenvalue weighted by atomic mass is 16.2. The molecule has 98 valence electrons. The van der Waals surface area contributed by atoms with Gasteiger partial charge in [0.25, 0.3) is 0 Å². The molecule has 0 aromatic heterocycles. The fraction of sp³-hybridized carbons (Fsp3) is 0.923. The van der Waals surface area contributed by atoms with Crippen LogP contribution in [0.25, 0.3) is 0 Å². The molecule has 0 atom stereocenters. The largest absolute Gasteiger partial charge is 0.344 e. The molecule has 1 N–H and O–H groups in total. The Hall–Kier alpha value is -0.610. The van der Waals surface area contributed by atoms with Crippen LogP contribution < -0.4 is 5.32 Å². The van der Waals surface area contributed by atoms with E-state index in [0.717, 1.165) is 19.6 Å². The molecule has 2 rings (SSSR count). The molecule has 4 heteroatoms. The van der Waals surface area contributed by atoms with E-state index in [2.05, 4.69) is 10.2 Å². The van der Waals surface area contributed by atoms with E-state index >= 15 is 0 Å². The van der Waals surface area contributed by atoms with E-state index in [9.17, 15) is 4.79 Å². The molecule has 0 bridgehead atoms. The first kappa shape index (κ1) is 12.8. The second kappa shape index (κ2) is 6.36. The predicted octanol–water partition coefficient (Wildman–Crippen LogP) is 0.683. The number of amides is 1. The van der Waals surface area contributed by atoms with Crippen molar-refractivity contribution in [2.45, 2.75) is 38.1 Å². The number of hydrogen-bond donors (Lipinski definition) is 1. The van der Waals surface area contributed by atoms with Crippen molar-refractivity contribution in [3.8, 4) is 0 Å². The number of rotatable bonds is 7. The van der Waals surface area contributed by atoms with Gasteiger partial charge in [0, 0.05) is 39.1 Å². The van der Waals surface area contributed by atoms with Gasteiger partial charge in [0.15, 0.2) is 0 Å². The summed E-state index contributed by atoms with van der Waals surface area (Å²) in [6.07, 6.45) is 5.87. The maximum atomic E-state index is 11.8. The summed E-state index contributed by atoms with van der Waals surface area (Å²) >= 11 is 0. The van der Waals surface area contributed by atoms with Crippen LogP contribution in [0, 0.1) is 0 Å². The van der Waals surface area contributed by atoms with Crippen LogP contribution >= 0.6 is 0 Å². The van der Waals surface area contributed by atoms with Crippen molar-refractivity contribution in [1.29, 1.82) is 0 Å². The van der Waals surface area contributed by atoms with Gasteiger partial charge in [0.1, 0.15) is 0 Å². The summed E-state index contributed by atoms with van der Waals surface area (Å²) in [5.41, 5.74) is 0. The zero-order valence-electron chi connectivity index (χ0n) is 11.0. The summed E-state index contributed by atoms with van der Waals surface area (Å²) < 4.78 is 0. The van der Waals surface area contributed by atoms with Crippen molar-refractivity contribution in [2.75, 3.05) is 39.8 Å². The van der Waals surface area contributed by atoms with Crippen molar-refractivity contribution < 1.29 is 4.79 Å². The van der Waals surface area contributed by atoms with E-state index in [4.69, 9.17) is 0 Å². The van der Waals surface area contributed by atoms with E-state index in [0.29, 0.717) is 12.5 Å². The van der Waals surface area contributed by atoms with E-state index in [1.165, 1.54) is 38.8 Å². The lowest BCUT2D eigenvalue weighted by Crippen LogP contribution is -2.36. The number of nitrogens with zero attached hydrogens (tertiary/aromatic N) is 2. The highest BCUT2D eigenvalue weighted by Gasteiger charge is 2.20. The zero-order valence-corrected chi connectivity index (χ0v) is 11.0. The van der Waals surface area contributed by atoms with E-state index in [-0.39, 0.29) is 5.91 Å². The van der Waals surface area contributed by atoms with E-state index < -0.39 is 0 Å². The predicted molar refractivity (Wildman–Crippen MR) is 69.0 cm³/mol. The fourth-order valence-electron chi connectivity index (χ4n) is 2.28. The van der Waals surface area contributed by atoms with Crippen molar-refractivity contribution in [3.63, 3.8) is 0 Å². The zero-order chi connectivity index (χ0) is 12.1. The van der Waals surface area contributed by atoms with Gasteiger partial charge in [0.05, 0.1) is 0 Å². The van der Waals surface area contributed by atoms with Crippen LogP contribution in [0.3, 0.4) is 0 Å². The van der Waals surface area contributed by atoms with Crippen LogP contribution in [0.2, 0.25) is 0 Å². The molecule has 0 spiro atoms. The Morgan fingerprint density at radius 2 is 2.06 bits per heavy atom. The third-order valence-corrected chi connectivity index (χ3v) is 3.73. The Labute approximate surface area is 104 Å². The average Bonchev–Trinajstić information content (AvgIpc) is 3.00. The minimum Gasteiger partial charge on any atom is -0.344 e. The topological polar surface area (TPSA) is 35.6 Å². The van der Waals surface area contributed by atoms with Gasteiger partial charge in [-0.3, -0.25) is 4.79 Å². The summed E-state index contributed by atoms with van der Waals surface area (Å²) in [7, 11) is 1.93. The molecule has 1 aliphatic heterocycles. The first-order valence-electron chi connectivity index (χ1n) is 6.95. The smallest absolute Gasteiger partial charge is 0.223 e. The number of likely N-dealkylation sites (tertiary alicyclic amines) is 1. The molecular weight excluding hydrogens is 214 g/mol. The Bertz CT molecular complexity index is 247. The summed E-state index contributed by atoms with van der Waals surface area (Å²) in [6.45, 7) is 5.19. The molecule has 2 aliphatic rings. The first-order valence-corrected chi connectivity index (χ1v) is 6.95. The molecule has 1 saturated carbocycles. The maximum absolute atomic E-state index is 11.8. The van der Waals surface area contributed by atoms with Crippen molar-refractivity contribution in [3.05, 3.63) is 0 Å². The van der Waals surface area contributed by atoms with Gasteiger partial charge >= 0.3 is 0 Å². The molecule has 1 saturated heterocycles. The van der Waals surface area contributed by atoms with Crippen molar-refractivity contribution in [2.24, 2.45) is 0 Å². The molecular formula is C13H25N3O. The molecule has 17 heavy (non-hydrogen) atoms. The molecule has 0 unspecified atom stereocenters. The van der Waals surface area contributed by atoms with Crippen LogP contribution in [0.15, 0.2) is 0 Å². The maximum Gasteiger partial charge on any atom is 0.223 e. The lowest BCUT2D eigenvalue weighted by atomic mass is 10.3. The summed E-state index contributed by atoms with van der Waals surface area (Å²) in [6, 6.07) is 0.706. The monoisotopic (exact) mass is 239 g/mol. The normalized spacial score (nSPS) is 20.8. The van der Waals surface area contributed by atoms with Crippen LogP contribution in [0.5, 0.6) is 0 Å². The number of carbonyl (C=O) groups excluding carboxylic acids is 1. The number of hydrogen-bond acceptors (Lipinski definition) is 3. The lowest BCUT2D eigenvalue weighted by molar-refractivity contribution is -0.129. The van der Waals surface area contributed by atoms with Crippen molar-refractivity contribution in [1.82, 2.24) is 15.1 Å². The van der Waals surface area contributed by atoms with Gasteiger partial charge in [-0.25, -0.2) is 0 Å². The van der Waals surface area contributed by atoms with Gasteiger partial charge in [-0.15, -0.1) is 0 Å². The SMILES string of the molecule is CN(CCN1CCCC1)C(=O)CCNC1CC1. The number of likely N-dealkylation sites (N-methyl/N-ethyl adjacent to an activating group) is 1. The van der Waals surface area contributed by atoms with Crippen LogP contribution in [-0.4, -0.2) is 61.5 Å². The molecule has 0 aromatic rings. The Kier molecular flexibility index (Phi) is 4.80.